The molecule has 0 aliphatic rings. The SMILES string of the molecule is O=C(NCc1ccc(F)cc1)c1nnc(/C(Cl)=C\c2cc(Br)ccc2F)s1. The van der Waals surface area contributed by atoms with Crippen molar-refractivity contribution < 1.29 is 13.6 Å². The zero-order valence-electron chi connectivity index (χ0n) is 13.5. The molecule has 1 heterocycles. The van der Waals surface area contributed by atoms with E-state index in [1.54, 1.807) is 24.3 Å². The summed E-state index contributed by atoms with van der Waals surface area (Å²) in [5.41, 5.74) is 1.03. The third kappa shape index (κ3) is 5.18. The zero-order chi connectivity index (χ0) is 19.4. The summed E-state index contributed by atoms with van der Waals surface area (Å²) in [6.45, 7) is 0.223. The largest absolute Gasteiger partial charge is 0.346 e. The van der Waals surface area contributed by atoms with Crippen molar-refractivity contribution in [3.8, 4) is 0 Å². The molecule has 0 fully saturated rings. The maximum absolute atomic E-state index is 13.8. The van der Waals surface area contributed by atoms with Crippen LogP contribution in [0.25, 0.3) is 11.1 Å². The lowest BCUT2D eigenvalue weighted by atomic mass is 10.2. The van der Waals surface area contributed by atoms with Gasteiger partial charge in [0.05, 0.1) is 5.03 Å². The summed E-state index contributed by atoms with van der Waals surface area (Å²) < 4.78 is 27.4. The molecule has 2 aromatic carbocycles. The van der Waals surface area contributed by atoms with Gasteiger partial charge < -0.3 is 5.32 Å². The molecule has 0 bridgehead atoms. The van der Waals surface area contributed by atoms with Crippen LogP contribution in [0.4, 0.5) is 8.78 Å². The van der Waals surface area contributed by atoms with Crippen LogP contribution in [-0.4, -0.2) is 16.1 Å². The minimum absolute atomic E-state index is 0.119. The molecule has 0 aliphatic heterocycles. The van der Waals surface area contributed by atoms with Gasteiger partial charge in [-0.15, -0.1) is 10.2 Å². The molecule has 0 radical (unpaired) electrons. The minimum atomic E-state index is -0.432. The van der Waals surface area contributed by atoms with Crippen molar-refractivity contribution in [2.45, 2.75) is 6.54 Å². The molecule has 1 amide bonds. The Morgan fingerprint density at radius 1 is 1.15 bits per heavy atom. The van der Waals surface area contributed by atoms with Crippen LogP contribution >= 0.6 is 38.9 Å². The number of nitrogens with zero attached hydrogens (tertiary/aromatic N) is 2. The number of aromatic nitrogens is 2. The van der Waals surface area contributed by atoms with E-state index in [2.05, 4.69) is 31.4 Å². The Kier molecular flexibility index (Phi) is 6.30. The van der Waals surface area contributed by atoms with Gasteiger partial charge in [0.1, 0.15) is 11.6 Å². The summed E-state index contributed by atoms with van der Waals surface area (Å²) in [5, 5.41) is 10.9. The van der Waals surface area contributed by atoms with Crippen molar-refractivity contribution in [3.05, 3.63) is 79.7 Å². The fourth-order valence-electron chi connectivity index (χ4n) is 2.10. The van der Waals surface area contributed by atoms with Crippen LogP contribution in [0.1, 0.15) is 25.9 Å². The first-order chi connectivity index (χ1) is 12.9. The van der Waals surface area contributed by atoms with Gasteiger partial charge in [0.25, 0.3) is 5.91 Å². The highest BCUT2D eigenvalue weighted by atomic mass is 79.9. The van der Waals surface area contributed by atoms with Crippen molar-refractivity contribution in [1.29, 1.82) is 0 Å². The molecule has 138 valence electrons. The summed E-state index contributed by atoms with van der Waals surface area (Å²) >= 11 is 10.4. The molecule has 4 nitrogen and oxygen atoms in total. The van der Waals surface area contributed by atoms with Gasteiger partial charge in [0.2, 0.25) is 5.01 Å². The van der Waals surface area contributed by atoms with E-state index in [1.165, 1.54) is 24.3 Å². The summed E-state index contributed by atoms with van der Waals surface area (Å²) in [7, 11) is 0. The third-order valence-corrected chi connectivity index (χ3v) is 5.28. The van der Waals surface area contributed by atoms with Crippen LogP contribution in [0.2, 0.25) is 0 Å². The fourth-order valence-corrected chi connectivity index (χ4v) is 3.41. The number of carbonyl (C=O) groups is 1. The first kappa shape index (κ1) is 19.6. The monoisotopic (exact) mass is 469 g/mol. The van der Waals surface area contributed by atoms with Gasteiger partial charge in [-0.3, -0.25) is 4.79 Å². The van der Waals surface area contributed by atoms with Crippen molar-refractivity contribution >= 4 is 55.9 Å². The Bertz CT molecular complexity index is 1010. The quantitative estimate of drug-likeness (QED) is 0.554. The topological polar surface area (TPSA) is 54.9 Å². The number of rotatable bonds is 5. The van der Waals surface area contributed by atoms with Crippen LogP contribution in [0.3, 0.4) is 0 Å². The Morgan fingerprint density at radius 2 is 1.85 bits per heavy atom. The number of carbonyl (C=O) groups excluding carboxylic acids is 1. The van der Waals surface area contributed by atoms with Crippen molar-refractivity contribution in [3.63, 3.8) is 0 Å². The molecule has 3 rings (SSSR count). The second-order valence-electron chi connectivity index (χ2n) is 5.38. The highest BCUT2D eigenvalue weighted by Crippen LogP contribution is 2.27. The average molecular weight is 471 g/mol. The Labute approximate surface area is 171 Å². The average Bonchev–Trinajstić information content (AvgIpc) is 3.14. The first-order valence-corrected chi connectivity index (χ1v) is 9.60. The van der Waals surface area contributed by atoms with Crippen molar-refractivity contribution in [1.82, 2.24) is 15.5 Å². The third-order valence-electron chi connectivity index (χ3n) is 3.43. The van der Waals surface area contributed by atoms with Crippen LogP contribution in [0.5, 0.6) is 0 Å². The van der Waals surface area contributed by atoms with Crippen LogP contribution < -0.4 is 5.32 Å². The molecule has 27 heavy (non-hydrogen) atoms. The van der Waals surface area contributed by atoms with E-state index in [-0.39, 0.29) is 28.0 Å². The molecular formula is C18H11BrClF2N3OS. The van der Waals surface area contributed by atoms with Crippen LogP contribution in [-0.2, 0) is 6.54 Å². The van der Waals surface area contributed by atoms with E-state index in [1.807, 2.05) is 0 Å². The smallest absolute Gasteiger partial charge is 0.282 e. The molecule has 1 N–H and O–H groups in total. The molecule has 0 saturated carbocycles. The van der Waals surface area contributed by atoms with E-state index < -0.39 is 11.7 Å². The van der Waals surface area contributed by atoms with E-state index in [4.69, 9.17) is 11.6 Å². The number of hydrogen-bond acceptors (Lipinski definition) is 4. The molecule has 1 aromatic heterocycles. The normalized spacial score (nSPS) is 11.5. The Balaban J connectivity index is 1.69. The lowest BCUT2D eigenvalue weighted by Gasteiger charge is -2.02. The van der Waals surface area contributed by atoms with Gasteiger partial charge in [-0.25, -0.2) is 8.78 Å². The zero-order valence-corrected chi connectivity index (χ0v) is 16.7. The highest BCUT2D eigenvalue weighted by Gasteiger charge is 2.15. The van der Waals surface area contributed by atoms with E-state index in [0.29, 0.717) is 9.48 Å². The van der Waals surface area contributed by atoms with Gasteiger partial charge in [0, 0.05) is 16.6 Å². The van der Waals surface area contributed by atoms with Gasteiger partial charge >= 0.3 is 0 Å². The lowest BCUT2D eigenvalue weighted by molar-refractivity contribution is 0.0950. The van der Waals surface area contributed by atoms with Crippen LogP contribution in [0.15, 0.2) is 46.9 Å². The minimum Gasteiger partial charge on any atom is -0.346 e. The molecule has 3 aromatic rings. The second kappa shape index (κ2) is 8.69. The standard InChI is InChI=1S/C18H11BrClF2N3OS/c19-12-3-6-15(22)11(7-12)8-14(20)17-24-25-18(27-17)16(26)23-9-10-1-4-13(21)5-2-10/h1-8H,9H2,(H,23,26)/b14-8+. The van der Waals surface area contributed by atoms with E-state index >= 15 is 0 Å². The maximum Gasteiger partial charge on any atom is 0.282 e. The fraction of sp³-hybridized carbons (Fsp3) is 0.0556. The van der Waals surface area contributed by atoms with E-state index in [9.17, 15) is 13.6 Å². The molecule has 0 aliphatic carbocycles. The first-order valence-electron chi connectivity index (χ1n) is 7.61. The molecular weight excluding hydrogens is 460 g/mol. The summed E-state index contributed by atoms with van der Waals surface area (Å²) in [6, 6.07) is 10.3. The number of halogens is 4. The van der Waals surface area contributed by atoms with Crippen LogP contribution in [0, 0.1) is 11.6 Å². The Morgan fingerprint density at radius 3 is 2.59 bits per heavy atom. The lowest BCUT2D eigenvalue weighted by Crippen LogP contribution is -2.22. The van der Waals surface area contributed by atoms with Gasteiger partial charge in [-0.2, -0.15) is 0 Å². The molecule has 0 saturated heterocycles. The van der Waals surface area contributed by atoms with Gasteiger partial charge in [-0.05, 0) is 42.0 Å². The number of benzene rings is 2. The maximum atomic E-state index is 13.8. The van der Waals surface area contributed by atoms with Crippen molar-refractivity contribution in [2.24, 2.45) is 0 Å². The molecule has 0 spiro atoms. The second-order valence-corrected chi connectivity index (χ2v) is 7.68. The molecule has 0 atom stereocenters. The molecule has 0 unspecified atom stereocenters. The molecule has 9 heteroatoms. The predicted octanol–water partition coefficient (Wildman–Crippen LogP) is 5.25. The number of amides is 1. The Hall–Kier alpha value is -2.16. The van der Waals surface area contributed by atoms with Gasteiger partial charge in [0.15, 0.2) is 5.01 Å². The summed E-state index contributed by atoms with van der Waals surface area (Å²) in [4.78, 5) is 12.2. The summed E-state index contributed by atoms with van der Waals surface area (Å²) in [6.07, 6.45) is 1.42. The van der Waals surface area contributed by atoms with E-state index in [0.717, 1.165) is 16.9 Å². The summed E-state index contributed by atoms with van der Waals surface area (Å²) in [5.74, 6) is -1.21. The van der Waals surface area contributed by atoms with Gasteiger partial charge in [-0.1, -0.05) is 51.0 Å². The van der Waals surface area contributed by atoms with Crippen molar-refractivity contribution in [2.75, 3.05) is 0 Å². The predicted molar refractivity (Wildman–Crippen MR) is 105 cm³/mol. The highest BCUT2D eigenvalue weighted by molar-refractivity contribution is 9.10. The number of nitrogens with one attached hydrogen (secondary N) is 1. The number of hydrogen-bond donors (Lipinski definition) is 1.